The van der Waals surface area contributed by atoms with E-state index in [2.05, 4.69) is 101 Å². The third-order valence-corrected chi connectivity index (χ3v) is 7.46. The molecule has 6 nitrogen and oxygen atoms in total. The molecule has 7 rings (SSSR count). The molecule has 0 aliphatic heterocycles. The molecule has 223 valence electrons. The third kappa shape index (κ3) is 6.07. The molecular weight excluding hydrogens is 723 g/mol. The number of para-hydroxylation sites is 1. The van der Waals surface area contributed by atoms with Gasteiger partial charge in [0.25, 0.3) is 0 Å². The molecule has 0 fully saturated rings. The Labute approximate surface area is 271 Å². The molecule has 0 aliphatic carbocycles. The predicted molar refractivity (Wildman–Crippen MR) is 172 cm³/mol. The van der Waals surface area contributed by atoms with Gasteiger partial charge in [0, 0.05) is 68.7 Å². The summed E-state index contributed by atoms with van der Waals surface area (Å²) in [7, 11) is 0. The number of aryl methyl sites for hydroxylation is 6. The zero-order valence-corrected chi connectivity index (χ0v) is 28.0. The van der Waals surface area contributed by atoms with Crippen LogP contribution in [0.25, 0.3) is 45.3 Å². The number of fused-ring (bicyclic) bond motifs is 1. The quantitative estimate of drug-likeness (QED) is 0.169. The van der Waals surface area contributed by atoms with Gasteiger partial charge < -0.3 is 13.6 Å². The average molecular weight is 756 g/mol. The van der Waals surface area contributed by atoms with Gasteiger partial charge in [-0.15, -0.1) is 59.7 Å². The van der Waals surface area contributed by atoms with E-state index in [9.17, 15) is 0 Å². The minimum Gasteiger partial charge on any atom is -0.488 e. The van der Waals surface area contributed by atoms with E-state index in [0.29, 0.717) is 5.89 Å². The number of benzene rings is 4. The van der Waals surface area contributed by atoms with E-state index in [1.165, 1.54) is 33.5 Å². The Morgan fingerprint density at radius 2 is 1.27 bits per heavy atom. The molecule has 0 N–H and O–H groups in total. The van der Waals surface area contributed by atoms with Crippen LogP contribution < -0.4 is 0 Å². The van der Waals surface area contributed by atoms with Crippen molar-refractivity contribution in [3.05, 3.63) is 137 Å². The number of imidazole rings is 2. The fourth-order valence-electron chi connectivity index (χ4n) is 5.75. The van der Waals surface area contributed by atoms with Crippen LogP contribution in [0.1, 0.15) is 33.7 Å². The topological polar surface area (TPSA) is 61.7 Å². The summed E-state index contributed by atoms with van der Waals surface area (Å²) in [6.07, 6.45) is 7.65. The van der Waals surface area contributed by atoms with Crippen LogP contribution in [0.3, 0.4) is 0 Å². The van der Waals surface area contributed by atoms with Gasteiger partial charge in [-0.25, -0.2) is 4.98 Å². The van der Waals surface area contributed by atoms with Crippen molar-refractivity contribution in [2.45, 2.75) is 41.5 Å². The zero-order valence-electron chi connectivity index (χ0n) is 25.6. The van der Waals surface area contributed by atoms with Gasteiger partial charge in [-0.1, -0.05) is 35.9 Å². The van der Waals surface area contributed by atoms with Crippen LogP contribution in [0.5, 0.6) is 0 Å². The molecule has 3 aromatic heterocycles. The first-order valence-electron chi connectivity index (χ1n) is 14.3. The summed E-state index contributed by atoms with van der Waals surface area (Å²) in [6.45, 7) is 12.5. The minimum absolute atomic E-state index is 0. The van der Waals surface area contributed by atoms with Crippen LogP contribution in [0.15, 0.2) is 95.9 Å². The van der Waals surface area contributed by atoms with E-state index in [-0.39, 0.29) is 20.1 Å². The maximum absolute atomic E-state index is 5.54. The first-order valence-corrected chi connectivity index (χ1v) is 14.3. The molecule has 3 heterocycles. The normalized spacial score (nSPS) is 10.8. The van der Waals surface area contributed by atoms with Gasteiger partial charge >= 0.3 is 0 Å². The standard InChI is InChI=1S/C20H18N3O.C17H15N2.Ir/c1-12-9-13(2)19(14(3)10-12)23-8-7-21-20(23)16-5-6-18-17(11-16)22-15(4)24-18;1-13-7-6-8-14(2)16(13)19-12-11-18-17(19)15-9-4-3-5-10-15;/h6-11H,1-4H3;3-9,11-12H,1-2H3;/q2*-1;. The summed E-state index contributed by atoms with van der Waals surface area (Å²) in [4.78, 5) is 13.4. The van der Waals surface area contributed by atoms with E-state index in [1.807, 2.05) is 68.1 Å². The van der Waals surface area contributed by atoms with Gasteiger partial charge in [-0.05, 0) is 56.9 Å². The van der Waals surface area contributed by atoms with Crippen molar-refractivity contribution < 1.29 is 24.5 Å². The van der Waals surface area contributed by atoms with Crippen molar-refractivity contribution in [3.8, 4) is 34.2 Å². The zero-order chi connectivity index (χ0) is 30.1. The molecule has 0 spiro atoms. The van der Waals surface area contributed by atoms with E-state index >= 15 is 0 Å². The van der Waals surface area contributed by atoms with Crippen LogP contribution in [0.2, 0.25) is 0 Å². The summed E-state index contributed by atoms with van der Waals surface area (Å²) >= 11 is 0. The van der Waals surface area contributed by atoms with Crippen molar-refractivity contribution in [3.63, 3.8) is 0 Å². The molecule has 44 heavy (non-hydrogen) atoms. The second kappa shape index (κ2) is 13.0. The van der Waals surface area contributed by atoms with Gasteiger partial charge in [0.1, 0.15) is 0 Å². The largest absolute Gasteiger partial charge is 0.488 e. The van der Waals surface area contributed by atoms with Gasteiger partial charge in [-0.2, -0.15) is 0 Å². The Kier molecular flexibility index (Phi) is 9.09. The maximum Gasteiger partial charge on any atom is 0.180 e. The number of rotatable bonds is 4. The SMILES string of the molecule is Cc1cc(C)c(-n2ccnc2-c2[c-]cc3oc(C)nc3c2)c(C)c1.Cc1cccc(C)c1-n1ccnc1-c1[c-]cccc1.[Ir]. The predicted octanol–water partition coefficient (Wildman–Crippen LogP) is 8.67. The third-order valence-electron chi connectivity index (χ3n) is 7.46. The number of hydrogen-bond donors (Lipinski definition) is 0. The maximum atomic E-state index is 5.54. The monoisotopic (exact) mass is 756 g/mol. The molecule has 0 amide bonds. The van der Waals surface area contributed by atoms with Gasteiger partial charge in [0.15, 0.2) is 5.89 Å². The molecule has 7 heteroatoms. The summed E-state index contributed by atoms with van der Waals surface area (Å²) in [5.74, 6) is 2.44. The Balaban J connectivity index is 0.000000175. The summed E-state index contributed by atoms with van der Waals surface area (Å²) < 4.78 is 9.79. The van der Waals surface area contributed by atoms with Crippen LogP contribution in [-0.4, -0.2) is 24.1 Å². The van der Waals surface area contributed by atoms with Crippen LogP contribution in [-0.2, 0) is 20.1 Å². The molecule has 0 atom stereocenters. The fourth-order valence-corrected chi connectivity index (χ4v) is 5.75. The van der Waals surface area contributed by atoms with Crippen molar-refractivity contribution in [1.29, 1.82) is 0 Å². The molecular formula is C37H33IrN5O-2. The Hall–Kier alpha value is -4.58. The average Bonchev–Trinajstić information content (AvgIpc) is 3.73. The van der Waals surface area contributed by atoms with Crippen molar-refractivity contribution in [1.82, 2.24) is 24.1 Å². The van der Waals surface area contributed by atoms with Gasteiger partial charge in [0.2, 0.25) is 0 Å². The smallest absolute Gasteiger partial charge is 0.180 e. The first kappa shape index (κ1) is 30.9. The van der Waals surface area contributed by atoms with E-state index in [4.69, 9.17) is 4.42 Å². The van der Waals surface area contributed by atoms with E-state index in [0.717, 1.165) is 39.6 Å². The van der Waals surface area contributed by atoms with Crippen molar-refractivity contribution in [2.24, 2.45) is 0 Å². The van der Waals surface area contributed by atoms with Gasteiger partial charge in [-0.3, -0.25) is 9.97 Å². The first-order chi connectivity index (χ1) is 20.8. The summed E-state index contributed by atoms with van der Waals surface area (Å²) in [5.41, 5.74) is 12.1. The van der Waals surface area contributed by atoms with E-state index < -0.39 is 0 Å². The summed E-state index contributed by atoms with van der Waals surface area (Å²) in [5, 5.41) is 0. The second-order valence-electron chi connectivity index (χ2n) is 10.8. The molecule has 0 saturated carbocycles. The molecule has 1 radical (unpaired) electrons. The minimum atomic E-state index is 0. The van der Waals surface area contributed by atoms with Crippen LogP contribution in [0, 0.1) is 53.7 Å². The number of oxazole rings is 1. The molecule has 0 saturated heterocycles. The fraction of sp³-hybridized carbons (Fsp3) is 0.162. The molecule has 0 aliphatic rings. The molecule has 0 bridgehead atoms. The Morgan fingerprint density at radius 3 is 1.89 bits per heavy atom. The number of hydrogen-bond acceptors (Lipinski definition) is 4. The van der Waals surface area contributed by atoms with E-state index in [1.54, 1.807) is 0 Å². The Morgan fingerprint density at radius 1 is 0.659 bits per heavy atom. The number of aromatic nitrogens is 5. The van der Waals surface area contributed by atoms with Gasteiger partial charge in [0.05, 0.1) is 17.2 Å². The van der Waals surface area contributed by atoms with Crippen molar-refractivity contribution in [2.75, 3.05) is 0 Å². The van der Waals surface area contributed by atoms with Crippen molar-refractivity contribution >= 4 is 11.1 Å². The summed E-state index contributed by atoms with van der Waals surface area (Å²) in [6, 6.07) is 29.0. The molecule has 4 aromatic carbocycles. The second-order valence-corrected chi connectivity index (χ2v) is 10.8. The van der Waals surface area contributed by atoms with Crippen LogP contribution in [0.4, 0.5) is 0 Å². The molecule has 7 aromatic rings. The van der Waals surface area contributed by atoms with Crippen LogP contribution >= 0.6 is 0 Å². The number of nitrogens with zero attached hydrogens (tertiary/aromatic N) is 5. The Bertz CT molecular complexity index is 2010. The molecule has 0 unspecified atom stereocenters.